The van der Waals surface area contributed by atoms with Gasteiger partial charge in [0.25, 0.3) is 0 Å². The highest BCUT2D eigenvalue weighted by Gasteiger charge is 2.14. The van der Waals surface area contributed by atoms with Crippen LogP contribution in [0.1, 0.15) is 18.1 Å². The zero-order chi connectivity index (χ0) is 19.2. The molecule has 3 aromatic rings. The van der Waals surface area contributed by atoms with Gasteiger partial charge in [0, 0.05) is 5.69 Å². The van der Waals surface area contributed by atoms with E-state index in [9.17, 15) is 4.79 Å². The fourth-order valence-corrected chi connectivity index (χ4v) is 3.35. The molecular weight excluding hydrogens is 362 g/mol. The smallest absolute Gasteiger partial charge is 0.234 e. The van der Waals surface area contributed by atoms with Crippen molar-refractivity contribution in [2.45, 2.75) is 25.9 Å². The van der Waals surface area contributed by atoms with Crippen LogP contribution in [-0.2, 0) is 4.79 Å². The molecule has 1 heterocycles. The Balaban J connectivity index is 1.64. The van der Waals surface area contributed by atoms with Crippen molar-refractivity contribution >= 4 is 23.4 Å². The molecular formula is C19H21N5O2S. The largest absolute Gasteiger partial charge is 0.494 e. The maximum Gasteiger partial charge on any atom is 0.234 e. The maximum atomic E-state index is 12.3. The summed E-state index contributed by atoms with van der Waals surface area (Å²) in [7, 11) is 0. The topological polar surface area (TPSA) is 81.9 Å². The van der Waals surface area contributed by atoms with Gasteiger partial charge in [0.2, 0.25) is 11.1 Å². The minimum Gasteiger partial charge on any atom is -0.494 e. The van der Waals surface area contributed by atoms with Crippen molar-refractivity contribution in [3.63, 3.8) is 0 Å². The Bertz CT molecular complexity index is 904. The third-order valence-corrected chi connectivity index (χ3v) is 4.79. The summed E-state index contributed by atoms with van der Waals surface area (Å²) in [5, 5.41) is 15.3. The lowest BCUT2D eigenvalue weighted by molar-refractivity contribution is -0.113. The number of para-hydroxylation sites is 1. The quantitative estimate of drug-likeness (QED) is 0.630. The van der Waals surface area contributed by atoms with Crippen LogP contribution in [-0.4, -0.2) is 38.5 Å². The number of nitrogens with one attached hydrogen (secondary N) is 1. The van der Waals surface area contributed by atoms with Gasteiger partial charge in [0.05, 0.1) is 18.0 Å². The van der Waals surface area contributed by atoms with Crippen molar-refractivity contribution in [2.75, 3.05) is 17.7 Å². The molecule has 1 amide bonds. The predicted molar refractivity (Wildman–Crippen MR) is 106 cm³/mol. The van der Waals surface area contributed by atoms with Crippen LogP contribution in [0, 0.1) is 13.8 Å². The molecule has 1 aromatic heterocycles. The first-order valence-electron chi connectivity index (χ1n) is 8.59. The third kappa shape index (κ3) is 4.65. The third-order valence-electron chi connectivity index (χ3n) is 3.87. The lowest BCUT2D eigenvalue weighted by Crippen LogP contribution is -2.14. The number of amides is 1. The second-order valence-corrected chi connectivity index (χ2v) is 6.85. The Morgan fingerprint density at radius 1 is 1.15 bits per heavy atom. The van der Waals surface area contributed by atoms with Crippen LogP contribution >= 0.6 is 11.8 Å². The Morgan fingerprint density at radius 3 is 2.52 bits per heavy atom. The first-order valence-corrected chi connectivity index (χ1v) is 9.57. The fraction of sp³-hybridized carbons (Fsp3) is 0.263. The first-order chi connectivity index (χ1) is 13.1. The minimum atomic E-state index is -0.125. The molecule has 0 radical (unpaired) electrons. The molecule has 0 aliphatic carbocycles. The van der Waals surface area contributed by atoms with Crippen LogP contribution in [0.5, 0.6) is 5.75 Å². The summed E-state index contributed by atoms with van der Waals surface area (Å²) in [5.41, 5.74) is 3.81. The zero-order valence-corrected chi connectivity index (χ0v) is 16.3. The Hall–Kier alpha value is -2.87. The van der Waals surface area contributed by atoms with Crippen LogP contribution < -0.4 is 10.1 Å². The number of carbonyl (C=O) groups excluding carboxylic acids is 1. The molecule has 0 aliphatic rings. The van der Waals surface area contributed by atoms with Crippen LogP contribution in [0.25, 0.3) is 5.69 Å². The van der Waals surface area contributed by atoms with Crippen molar-refractivity contribution in [3.05, 3.63) is 53.6 Å². The van der Waals surface area contributed by atoms with E-state index >= 15 is 0 Å². The average Bonchev–Trinajstić information content (AvgIpc) is 3.10. The van der Waals surface area contributed by atoms with Crippen molar-refractivity contribution in [3.8, 4) is 11.4 Å². The summed E-state index contributed by atoms with van der Waals surface area (Å²) < 4.78 is 7.08. The Kier molecular flexibility index (Phi) is 6.08. The Labute approximate surface area is 162 Å². The van der Waals surface area contributed by atoms with Crippen LogP contribution in [0.15, 0.2) is 47.6 Å². The number of benzene rings is 2. The van der Waals surface area contributed by atoms with Crippen LogP contribution in [0.3, 0.4) is 0 Å². The molecule has 7 nitrogen and oxygen atoms in total. The lowest BCUT2D eigenvalue weighted by atomic mass is 10.1. The second-order valence-electron chi connectivity index (χ2n) is 5.91. The van der Waals surface area contributed by atoms with Crippen LogP contribution in [0.4, 0.5) is 5.69 Å². The van der Waals surface area contributed by atoms with Crippen molar-refractivity contribution in [1.82, 2.24) is 20.2 Å². The van der Waals surface area contributed by atoms with E-state index < -0.39 is 0 Å². The summed E-state index contributed by atoms with van der Waals surface area (Å²) in [6, 6.07) is 13.3. The molecule has 1 N–H and O–H groups in total. The summed E-state index contributed by atoms with van der Waals surface area (Å²) in [5.74, 6) is 0.858. The summed E-state index contributed by atoms with van der Waals surface area (Å²) in [4.78, 5) is 12.3. The molecule has 140 valence electrons. The van der Waals surface area contributed by atoms with Gasteiger partial charge in [-0.2, -0.15) is 4.68 Å². The summed E-state index contributed by atoms with van der Waals surface area (Å²) in [6.07, 6.45) is 0. The molecule has 27 heavy (non-hydrogen) atoms. The summed E-state index contributed by atoms with van der Waals surface area (Å²) in [6.45, 7) is 6.56. The molecule has 0 atom stereocenters. The normalized spacial score (nSPS) is 10.6. The predicted octanol–water partition coefficient (Wildman–Crippen LogP) is 3.41. The maximum absolute atomic E-state index is 12.3. The van der Waals surface area contributed by atoms with E-state index in [1.54, 1.807) is 4.68 Å². The zero-order valence-electron chi connectivity index (χ0n) is 15.5. The van der Waals surface area contributed by atoms with E-state index in [2.05, 4.69) is 20.8 Å². The van der Waals surface area contributed by atoms with Crippen molar-refractivity contribution < 1.29 is 9.53 Å². The number of carbonyl (C=O) groups is 1. The van der Waals surface area contributed by atoms with Gasteiger partial charge in [-0.1, -0.05) is 30.0 Å². The SMILES string of the molecule is CCOc1ccc(NC(=O)CSc2nnnn2-c2c(C)cccc2C)cc1. The molecule has 0 saturated heterocycles. The number of aromatic nitrogens is 4. The number of nitrogens with zero attached hydrogens (tertiary/aromatic N) is 4. The van der Waals surface area contributed by atoms with Gasteiger partial charge in [-0.3, -0.25) is 4.79 Å². The monoisotopic (exact) mass is 383 g/mol. The van der Waals surface area contributed by atoms with E-state index in [1.807, 2.05) is 63.2 Å². The molecule has 3 rings (SSSR count). The van der Waals surface area contributed by atoms with E-state index in [0.29, 0.717) is 11.8 Å². The lowest BCUT2D eigenvalue weighted by Gasteiger charge is -2.10. The van der Waals surface area contributed by atoms with Gasteiger partial charge in [0.1, 0.15) is 5.75 Å². The van der Waals surface area contributed by atoms with Gasteiger partial charge in [-0.05, 0) is 66.6 Å². The highest BCUT2D eigenvalue weighted by molar-refractivity contribution is 7.99. The number of aryl methyl sites for hydroxylation is 2. The van der Waals surface area contributed by atoms with Crippen molar-refractivity contribution in [1.29, 1.82) is 0 Å². The number of tetrazole rings is 1. The molecule has 2 aromatic carbocycles. The van der Waals surface area contributed by atoms with Crippen molar-refractivity contribution in [2.24, 2.45) is 0 Å². The standard InChI is InChI=1S/C19H21N5O2S/c1-4-26-16-10-8-15(9-11-16)20-17(25)12-27-19-21-22-23-24(19)18-13(2)6-5-7-14(18)3/h5-11H,4,12H2,1-3H3,(H,20,25). The van der Waals surface area contributed by atoms with Gasteiger partial charge in [0.15, 0.2) is 0 Å². The fourth-order valence-electron chi connectivity index (χ4n) is 2.68. The minimum absolute atomic E-state index is 0.125. The number of thioether (sulfide) groups is 1. The highest BCUT2D eigenvalue weighted by atomic mass is 32.2. The molecule has 0 bridgehead atoms. The molecule has 0 spiro atoms. The number of hydrogen-bond acceptors (Lipinski definition) is 6. The molecule has 8 heteroatoms. The van der Waals surface area contributed by atoms with Gasteiger partial charge < -0.3 is 10.1 Å². The summed E-state index contributed by atoms with van der Waals surface area (Å²) >= 11 is 1.29. The Morgan fingerprint density at radius 2 is 1.85 bits per heavy atom. The van der Waals surface area contributed by atoms with Gasteiger partial charge in [-0.25, -0.2) is 0 Å². The number of anilines is 1. The highest BCUT2D eigenvalue weighted by Crippen LogP contribution is 2.23. The number of hydrogen-bond donors (Lipinski definition) is 1. The average molecular weight is 383 g/mol. The van der Waals surface area contributed by atoms with Crippen LogP contribution in [0.2, 0.25) is 0 Å². The second kappa shape index (κ2) is 8.68. The van der Waals surface area contributed by atoms with Gasteiger partial charge in [-0.15, -0.1) is 5.10 Å². The molecule has 0 saturated carbocycles. The van der Waals surface area contributed by atoms with E-state index in [1.165, 1.54) is 11.8 Å². The molecule has 0 aliphatic heterocycles. The molecule has 0 fully saturated rings. The van der Waals surface area contributed by atoms with E-state index in [4.69, 9.17) is 4.74 Å². The van der Waals surface area contributed by atoms with Gasteiger partial charge >= 0.3 is 0 Å². The number of ether oxygens (including phenoxy) is 1. The molecule has 0 unspecified atom stereocenters. The van der Waals surface area contributed by atoms with E-state index in [0.717, 1.165) is 28.3 Å². The first kappa shape index (κ1) is 18.9. The van der Waals surface area contributed by atoms with E-state index in [-0.39, 0.29) is 11.7 Å². The number of rotatable bonds is 7.